The Morgan fingerprint density at radius 1 is 1.00 bits per heavy atom. The van der Waals surface area contributed by atoms with E-state index >= 15 is 0 Å². The molecule has 3 aromatic carbocycles. The van der Waals surface area contributed by atoms with Crippen molar-refractivity contribution in [3.8, 4) is 23.0 Å². The Hall–Kier alpha value is -2.51. The van der Waals surface area contributed by atoms with Crippen LogP contribution in [0.1, 0.15) is 24.8 Å². The van der Waals surface area contributed by atoms with Crippen LogP contribution in [-0.2, 0) is 0 Å². The Kier molecular flexibility index (Phi) is 6.29. The molecule has 0 aliphatic rings. The highest BCUT2D eigenvalue weighted by atomic mass is 79.9. The van der Waals surface area contributed by atoms with Gasteiger partial charge in [0, 0.05) is 11.5 Å². The first-order valence-corrected chi connectivity index (χ1v) is 11.1. The van der Waals surface area contributed by atoms with E-state index in [4.69, 9.17) is 4.74 Å². The van der Waals surface area contributed by atoms with Crippen LogP contribution in [0.15, 0.2) is 69.7 Å². The van der Waals surface area contributed by atoms with E-state index in [1.165, 1.54) is 16.3 Å². The molecule has 1 heterocycles. The van der Waals surface area contributed by atoms with Crippen LogP contribution < -0.4 is 4.74 Å². The summed E-state index contributed by atoms with van der Waals surface area (Å²) >= 11 is 6.65. The molecule has 1 unspecified atom stereocenters. The van der Waals surface area contributed by atoms with Gasteiger partial charge in [-0.2, -0.15) is 0 Å². The SMILES string of the molecule is CCC(COc1ncc(-c2cc(Br)c(O)c(Br)c2)nn1)c1cccc2ccccc12. The molecular weight excluding hydrogens is 510 g/mol. The maximum atomic E-state index is 9.86. The van der Waals surface area contributed by atoms with Crippen LogP contribution in [0.5, 0.6) is 11.8 Å². The van der Waals surface area contributed by atoms with Gasteiger partial charge in [-0.25, -0.2) is 4.98 Å². The lowest BCUT2D eigenvalue weighted by Crippen LogP contribution is -2.12. The Morgan fingerprint density at radius 3 is 2.43 bits per heavy atom. The zero-order chi connectivity index (χ0) is 21.1. The molecule has 1 aromatic heterocycles. The molecule has 0 amide bonds. The summed E-state index contributed by atoms with van der Waals surface area (Å²) in [5.74, 6) is 0.363. The second-order valence-corrected chi connectivity index (χ2v) is 8.61. The molecule has 7 heteroatoms. The van der Waals surface area contributed by atoms with Gasteiger partial charge in [-0.15, -0.1) is 5.10 Å². The second kappa shape index (κ2) is 9.10. The lowest BCUT2D eigenvalue weighted by atomic mass is 9.92. The summed E-state index contributed by atoms with van der Waals surface area (Å²) in [6.07, 6.45) is 2.56. The zero-order valence-corrected chi connectivity index (χ0v) is 19.4. The number of rotatable bonds is 6. The van der Waals surface area contributed by atoms with Crippen LogP contribution in [0.3, 0.4) is 0 Å². The monoisotopic (exact) mass is 527 g/mol. The number of hydrogen-bond acceptors (Lipinski definition) is 5. The molecule has 5 nitrogen and oxygen atoms in total. The number of halogens is 2. The van der Waals surface area contributed by atoms with Gasteiger partial charge in [0.05, 0.1) is 21.7 Å². The van der Waals surface area contributed by atoms with Crippen LogP contribution in [0.2, 0.25) is 0 Å². The van der Waals surface area contributed by atoms with Gasteiger partial charge < -0.3 is 9.84 Å². The molecule has 152 valence electrons. The van der Waals surface area contributed by atoms with Crippen molar-refractivity contribution in [1.82, 2.24) is 15.2 Å². The quantitative estimate of drug-likeness (QED) is 0.309. The average molecular weight is 529 g/mol. The predicted molar refractivity (Wildman–Crippen MR) is 125 cm³/mol. The minimum atomic E-state index is 0.138. The number of aromatic nitrogens is 3. The van der Waals surface area contributed by atoms with Gasteiger partial charge in [0.2, 0.25) is 0 Å². The standard InChI is InChI=1S/C23H19Br2N3O2/c1-2-14(17-9-5-7-15-6-3-4-8-18(15)17)13-30-23-26-12-21(27-28-23)16-10-19(24)22(29)20(25)11-16/h3-12,14,29H,2,13H2,1H3. The Morgan fingerprint density at radius 2 is 1.73 bits per heavy atom. The van der Waals surface area contributed by atoms with Gasteiger partial charge in [0.1, 0.15) is 11.4 Å². The van der Waals surface area contributed by atoms with E-state index < -0.39 is 0 Å². The molecule has 1 N–H and O–H groups in total. The number of fused-ring (bicyclic) bond motifs is 1. The third-order valence-electron chi connectivity index (χ3n) is 5.02. The van der Waals surface area contributed by atoms with Crippen molar-refractivity contribution in [2.45, 2.75) is 19.3 Å². The van der Waals surface area contributed by atoms with Crippen LogP contribution in [0.4, 0.5) is 0 Å². The van der Waals surface area contributed by atoms with Crippen molar-refractivity contribution in [3.63, 3.8) is 0 Å². The topological polar surface area (TPSA) is 68.1 Å². The van der Waals surface area contributed by atoms with Crippen LogP contribution in [0.25, 0.3) is 22.0 Å². The molecule has 1 atom stereocenters. The van der Waals surface area contributed by atoms with E-state index in [-0.39, 0.29) is 17.7 Å². The van der Waals surface area contributed by atoms with Crippen molar-refractivity contribution < 1.29 is 9.84 Å². The van der Waals surface area contributed by atoms with E-state index in [0.29, 0.717) is 21.2 Å². The molecule has 0 saturated heterocycles. The average Bonchev–Trinajstić information content (AvgIpc) is 2.78. The minimum Gasteiger partial charge on any atom is -0.506 e. The Balaban J connectivity index is 1.51. The highest BCUT2D eigenvalue weighted by Crippen LogP contribution is 2.36. The Bertz CT molecular complexity index is 1150. The number of hydrogen-bond donors (Lipinski definition) is 1. The summed E-state index contributed by atoms with van der Waals surface area (Å²) in [5, 5.41) is 20.7. The van der Waals surface area contributed by atoms with Crippen molar-refractivity contribution in [2.75, 3.05) is 6.61 Å². The number of phenols is 1. The number of benzene rings is 3. The van der Waals surface area contributed by atoms with Crippen molar-refractivity contribution in [2.24, 2.45) is 0 Å². The lowest BCUT2D eigenvalue weighted by Gasteiger charge is -2.17. The van der Waals surface area contributed by atoms with Crippen LogP contribution in [-0.4, -0.2) is 26.9 Å². The van der Waals surface area contributed by atoms with Crippen molar-refractivity contribution in [3.05, 3.63) is 75.3 Å². The van der Waals surface area contributed by atoms with Crippen molar-refractivity contribution in [1.29, 1.82) is 0 Å². The number of aromatic hydroxyl groups is 1. The fraction of sp³-hybridized carbons (Fsp3) is 0.174. The summed E-state index contributed by atoms with van der Waals surface area (Å²) in [6, 6.07) is 18.5. The fourth-order valence-corrected chi connectivity index (χ4v) is 4.57. The summed E-state index contributed by atoms with van der Waals surface area (Å²) in [6.45, 7) is 2.63. The van der Waals surface area contributed by atoms with Gasteiger partial charge in [0.15, 0.2) is 0 Å². The number of ether oxygens (including phenoxy) is 1. The highest BCUT2D eigenvalue weighted by Gasteiger charge is 2.15. The highest BCUT2D eigenvalue weighted by molar-refractivity contribution is 9.11. The van der Waals surface area contributed by atoms with Crippen molar-refractivity contribution >= 4 is 42.6 Å². The van der Waals surface area contributed by atoms with Gasteiger partial charge in [-0.05, 0) is 66.7 Å². The third-order valence-corrected chi connectivity index (χ3v) is 6.23. The molecule has 0 saturated carbocycles. The summed E-state index contributed by atoms with van der Waals surface area (Å²) < 4.78 is 7.01. The number of nitrogens with zero attached hydrogens (tertiary/aromatic N) is 3. The minimum absolute atomic E-state index is 0.138. The molecule has 4 aromatic rings. The van der Waals surface area contributed by atoms with E-state index in [9.17, 15) is 5.11 Å². The molecule has 0 fully saturated rings. The molecule has 0 aliphatic heterocycles. The zero-order valence-electron chi connectivity index (χ0n) is 16.2. The summed E-state index contributed by atoms with van der Waals surface area (Å²) in [4.78, 5) is 4.31. The molecule has 4 rings (SSSR count). The van der Waals surface area contributed by atoms with Gasteiger partial charge >= 0.3 is 6.01 Å². The third kappa shape index (κ3) is 4.32. The van der Waals surface area contributed by atoms with Gasteiger partial charge in [-0.3, -0.25) is 0 Å². The first-order chi connectivity index (χ1) is 14.6. The van der Waals surface area contributed by atoms with E-state index in [1.54, 1.807) is 18.3 Å². The molecule has 30 heavy (non-hydrogen) atoms. The second-order valence-electron chi connectivity index (χ2n) is 6.90. The van der Waals surface area contributed by atoms with E-state index in [1.807, 2.05) is 0 Å². The van der Waals surface area contributed by atoms with Crippen LogP contribution >= 0.6 is 31.9 Å². The lowest BCUT2D eigenvalue weighted by molar-refractivity contribution is 0.261. The normalized spacial score (nSPS) is 12.1. The maximum absolute atomic E-state index is 9.86. The Labute approximate surface area is 191 Å². The molecule has 0 radical (unpaired) electrons. The fourth-order valence-electron chi connectivity index (χ4n) is 3.39. The molecule has 0 aliphatic carbocycles. The predicted octanol–water partition coefficient (Wildman–Crippen LogP) is 6.50. The van der Waals surface area contributed by atoms with E-state index in [2.05, 4.69) is 96.4 Å². The van der Waals surface area contributed by atoms with Gasteiger partial charge in [0.25, 0.3) is 0 Å². The molecular formula is C23H19Br2N3O2. The number of phenolic OH excluding ortho intramolecular Hbond substituents is 1. The largest absolute Gasteiger partial charge is 0.506 e. The van der Waals surface area contributed by atoms with E-state index in [0.717, 1.165) is 12.0 Å². The molecule has 0 spiro atoms. The van der Waals surface area contributed by atoms with Crippen LogP contribution in [0, 0.1) is 0 Å². The summed E-state index contributed by atoms with van der Waals surface area (Å²) in [5.41, 5.74) is 2.63. The first-order valence-electron chi connectivity index (χ1n) is 9.55. The van der Waals surface area contributed by atoms with Gasteiger partial charge in [-0.1, -0.05) is 54.5 Å². The maximum Gasteiger partial charge on any atom is 0.335 e. The smallest absolute Gasteiger partial charge is 0.335 e. The summed E-state index contributed by atoms with van der Waals surface area (Å²) in [7, 11) is 0. The molecule has 0 bridgehead atoms. The first kappa shape index (κ1) is 20.8.